The van der Waals surface area contributed by atoms with Gasteiger partial charge in [-0.3, -0.25) is 0 Å². The average Bonchev–Trinajstić information content (AvgIpc) is 2.47. The molecule has 1 fully saturated rings. The van der Waals surface area contributed by atoms with E-state index in [0.717, 1.165) is 17.0 Å². The van der Waals surface area contributed by atoms with Crippen LogP contribution in [0.1, 0.15) is 12.5 Å². The molecule has 0 bridgehead atoms. The van der Waals surface area contributed by atoms with Crippen LogP contribution < -0.4 is 4.90 Å². The van der Waals surface area contributed by atoms with Crippen LogP contribution in [0.5, 0.6) is 0 Å². The van der Waals surface area contributed by atoms with Crippen LogP contribution in [0.3, 0.4) is 0 Å². The molecule has 1 atom stereocenters. The van der Waals surface area contributed by atoms with Crippen LogP contribution in [0, 0.1) is 0 Å². The van der Waals surface area contributed by atoms with Crippen molar-refractivity contribution in [2.24, 2.45) is 0 Å². The highest BCUT2D eigenvalue weighted by Crippen LogP contribution is 2.31. The highest BCUT2D eigenvalue weighted by Gasteiger charge is 2.33. The Bertz CT molecular complexity index is 578. The molecular weight excluding hydrogens is 337 g/mol. The molecule has 1 heterocycles. The molecule has 0 N–H and O–H groups in total. The van der Waals surface area contributed by atoms with Crippen LogP contribution >= 0.6 is 35.0 Å². The second kappa shape index (κ2) is 6.77. The van der Waals surface area contributed by atoms with E-state index in [4.69, 9.17) is 23.2 Å². The Labute approximate surface area is 134 Å². The van der Waals surface area contributed by atoms with Gasteiger partial charge in [-0.25, -0.2) is 8.42 Å². The van der Waals surface area contributed by atoms with Gasteiger partial charge in [0.15, 0.2) is 9.84 Å². The van der Waals surface area contributed by atoms with Gasteiger partial charge < -0.3 is 4.90 Å². The fourth-order valence-electron chi connectivity index (χ4n) is 2.19. The Morgan fingerprint density at radius 3 is 2.80 bits per heavy atom. The Hall–Kier alpha value is -0.100. The molecule has 1 saturated heterocycles. The molecule has 1 aliphatic heterocycles. The van der Waals surface area contributed by atoms with Crippen molar-refractivity contribution in [3.63, 3.8) is 0 Å². The second-order valence-corrected chi connectivity index (χ2v) is 8.86. The molecule has 2 rings (SSSR count). The SMILES string of the molecule is CCS(=O)(=O)C1CSCCN1c1ccc(CCl)c(Cl)c1. The van der Waals surface area contributed by atoms with E-state index >= 15 is 0 Å². The third kappa shape index (κ3) is 3.38. The number of anilines is 1. The summed E-state index contributed by atoms with van der Waals surface area (Å²) in [7, 11) is -3.11. The largest absolute Gasteiger partial charge is 0.353 e. The minimum Gasteiger partial charge on any atom is -0.353 e. The first-order valence-electron chi connectivity index (χ1n) is 6.40. The first kappa shape index (κ1) is 16.3. The lowest BCUT2D eigenvalue weighted by molar-refractivity contribution is 0.579. The number of benzene rings is 1. The van der Waals surface area contributed by atoms with E-state index in [0.29, 0.717) is 23.2 Å². The van der Waals surface area contributed by atoms with E-state index in [9.17, 15) is 8.42 Å². The fourth-order valence-corrected chi connectivity index (χ4v) is 5.72. The van der Waals surface area contributed by atoms with Crippen molar-refractivity contribution in [1.82, 2.24) is 0 Å². The molecule has 1 aliphatic rings. The number of sulfone groups is 1. The first-order chi connectivity index (χ1) is 9.49. The molecule has 7 heteroatoms. The molecule has 0 aliphatic carbocycles. The van der Waals surface area contributed by atoms with Gasteiger partial charge in [0.25, 0.3) is 0 Å². The molecule has 0 saturated carbocycles. The van der Waals surface area contributed by atoms with E-state index < -0.39 is 15.2 Å². The van der Waals surface area contributed by atoms with Crippen LogP contribution in [-0.2, 0) is 15.7 Å². The quantitative estimate of drug-likeness (QED) is 0.777. The van der Waals surface area contributed by atoms with Crippen LogP contribution in [0.15, 0.2) is 18.2 Å². The van der Waals surface area contributed by atoms with Crippen molar-refractivity contribution in [2.75, 3.05) is 28.7 Å². The summed E-state index contributed by atoms with van der Waals surface area (Å²) in [5.74, 6) is 2.03. The summed E-state index contributed by atoms with van der Waals surface area (Å²) in [5, 5.41) is 0.118. The maximum atomic E-state index is 12.2. The molecule has 0 radical (unpaired) electrons. The lowest BCUT2D eigenvalue weighted by Gasteiger charge is -2.36. The zero-order valence-corrected chi connectivity index (χ0v) is 14.3. The molecule has 0 spiro atoms. The van der Waals surface area contributed by atoms with Gasteiger partial charge >= 0.3 is 0 Å². The second-order valence-electron chi connectivity index (χ2n) is 4.58. The van der Waals surface area contributed by atoms with Gasteiger partial charge in [0.05, 0.1) is 0 Å². The maximum absolute atomic E-state index is 12.2. The predicted octanol–water partition coefficient (Wildman–Crippen LogP) is 3.39. The molecule has 20 heavy (non-hydrogen) atoms. The number of nitrogens with zero attached hydrogens (tertiary/aromatic N) is 1. The fraction of sp³-hybridized carbons (Fsp3) is 0.538. The number of hydrogen-bond acceptors (Lipinski definition) is 4. The molecule has 1 unspecified atom stereocenters. The minimum atomic E-state index is -3.11. The normalized spacial score (nSPS) is 20.1. The van der Waals surface area contributed by atoms with Crippen molar-refractivity contribution in [3.8, 4) is 0 Å². The van der Waals surface area contributed by atoms with Crippen LogP contribution in [0.4, 0.5) is 5.69 Å². The van der Waals surface area contributed by atoms with E-state index in [1.165, 1.54) is 0 Å². The number of rotatable bonds is 4. The molecule has 1 aromatic rings. The number of alkyl halides is 1. The molecule has 1 aromatic carbocycles. The Kier molecular flexibility index (Phi) is 5.51. The van der Waals surface area contributed by atoms with Crippen molar-refractivity contribution in [2.45, 2.75) is 18.2 Å². The van der Waals surface area contributed by atoms with Crippen molar-refractivity contribution in [3.05, 3.63) is 28.8 Å². The first-order valence-corrected chi connectivity index (χ1v) is 10.2. The van der Waals surface area contributed by atoms with E-state index in [-0.39, 0.29) is 5.75 Å². The Morgan fingerprint density at radius 1 is 1.45 bits per heavy atom. The van der Waals surface area contributed by atoms with Gasteiger partial charge in [0, 0.05) is 40.4 Å². The molecule has 0 amide bonds. The number of halogens is 2. The highest BCUT2D eigenvalue weighted by molar-refractivity contribution is 8.01. The summed E-state index contributed by atoms with van der Waals surface area (Å²) in [6.45, 7) is 2.40. The van der Waals surface area contributed by atoms with E-state index in [1.807, 2.05) is 23.1 Å². The minimum absolute atomic E-state index is 0.155. The van der Waals surface area contributed by atoms with Gasteiger partial charge in [-0.2, -0.15) is 11.8 Å². The third-order valence-electron chi connectivity index (χ3n) is 3.41. The van der Waals surface area contributed by atoms with Crippen molar-refractivity contribution < 1.29 is 8.42 Å². The molecule has 0 aromatic heterocycles. The lowest BCUT2D eigenvalue weighted by atomic mass is 10.2. The van der Waals surface area contributed by atoms with Crippen molar-refractivity contribution in [1.29, 1.82) is 0 Å². The number of hydrogen-bond donors (Lipinski definition) is 0. The van der Waals surface area contributed by atoms with E-state index in [2.05, 4.69) is 0 Å². The van der Waals surface area contributed by atoms with Crippen LogP contribution in [-0.4, -0.2) is 37.6 Å². The van der Waals surface area contributed by atoms with E-state index in [1.54, 1.807) is 18.7 Å². The summed E-state index contributed by atoms with van der Waals surface area (Å²) in [5.41, 5.74) is 1.71. The zero-order valence-electron chi connectivity index (χ0n) is 11.2. The molecular formula is C13H17Cl2NO2S2. The maximum Gasteiger partial charge on any atom is 0.171 e. The summed E-state index contributed by atoms with van der Waals surface area (Å²) in [4.78, 5) is 1.94. The average molecular weight is 354 g/mol. The summed E-state index contributed by atoms with van der Waals surface area (Å²) >= 11 is 13.7. The molecule has 3 nitrogen and oxygen atoms in total. The summed E-state index contributed by atoms with van der Waals surface area (Å²) in [6, 6.07) is 5.58. The third-order valence-corrected chi connectivity index (χ3v) is 7.34. The highest BCUT2D eigenvalue weighted by atomic mass is 35.5. The topological polar surface area (TPSA) is 37.4 Å². The molecule has 112 valence electrons. The van der Waals surface area contributed by atoms with Gasteiger partial charge in [-0.15, -0.1) is 11.6 Å². The monoisotopic (exact) mass is 353 g/mol. The summed E-state index contributed by atoms with van der Waals surface area (Å²) < 4.78 is 24.5. The zero-order chi connectivity index (χ0) is 14.8. The smallest absolute Gasteiger partial charge is 0.171 e. The van der Waals surface area contributed by atoms with Crippen LogP contribution in [0.25, 0.3) is 0 Å². The summed E-state index contributed by atoms with van der Waals surface area (Å²) in [6.07, 6.45) is 0. The van der Waals surface area contributed by atoms with Gasteiger partial charge in [-0.1, -0.05) is 24.6 Å². The lowest BCUT2D eigenvalue weighted by Crippen LogP contribution is -2.48. The predicted molar refractivity (Wildman–Crippen MR) is 88.9 cm³/mol. The number of thioether (sulfide) groups is 1. The Morgan fingerprint density at radius 2 is 2.20 bits per heavy atom. The van der Waals surface area contributed by atoms with Crippen LogP contribution in [0.2, 0.25) is 5.02 Å². The van der Waals surface area contributed by atoms with Gasteiger partial charge in [-0.05, 0) is 17.7 Å². The Balaban J connectivity index is 2.35. The van der Waals surface area contributed by atoms with Gasteiger partial charge in [0.2, 0.25) is 0 Å². The van der Waals surface area contributed by atoms with Crippen molar-refractivity contribution >= 4 is 50.5 Å². The van der Waals surface area contributed by atoms with Gasteiger partial charge in [0.1, 0.15) is 5.37 Å². The standard InChI is InChI=1S/C13H17Cl2NO2S2/c1-2-20(17,18)13-9-19-6-5-16(13)11-4-3-10(8-14)12(15)7-11/h3-4,7,13H,2,5-6,8-9H2,1H3.